The molecule has 0 atom stereocenters. The molecule has 6 nitrogen and oxygen atoms in total. The third kappa shape index (κ3) is 9.29. The van der Waals surface area contributed by atoms with Crippen molar-refractivity contribution in [2.75, 3.05) is 7.05 Å². The molecule has 0 fully saturated rings. The molecule has 4 rings (SSSR count). The van der Waals surface area contributed by atoms with Crippen molar-refractivity contribution in [3.63, 3.8) is 0 Å². The molecule has 1 aliphatic heterocycles. The van der Waals surface area contributed by atoms with Crippen molar-refractivity contribution in [2.24, 2.45) is 7.05 Å². The predicted molar refractivity (Wildman–Crippen MR) is 160 cm³/mol. The van der Waals surface area contributed by atoms with Crippen LogP contribution in [-0.2, 0) is 22.6 Å². The molecule has 0 aliphatic carbocycles. The van der Waals surface area contributed by atoms with Gasteiger partial charge in [0.1, 0.15) is 19.6 Å². The third-order valence-corrected chi connectivity index (χ3v) is 8.20. The molecule has 214 valence electrons. The summed E-state index contributed by atoms with van der Waals surface area (Å²) < 4.78 is 64.1. The van der Waals surface area contributed by atoms with Crippen LogP contribution in [0.25, 0.3) is 17.1 Å². The molecular weight excluding hydrogens is 872 g/mol. The Balaban J connectivity index is 0.000000457. The van der Waals surface area contributed by atoms with Gasteiger partial charge in [-0.3, -0.25) is 0 Å². The summed E-state index contributed by atoms with van der Waals surface area (Å²) in [4.78, 5) is 4.59. The quantitative estimate of drug-likeness (QED) is 0.133. The fourth-order valence-corrected chi connectivity index (χ4v) is 3.87. The molecule has 0 N–H and O–H groups in total. The molecule has 0 unspecified atom stereocenters. The number of allylic oxidation sites excluding steroid dienone is 1. The number of hydrogen-bond donors (Lipinski definition) is 0. The predicted octanol–water partition coefficient (Wildman–Crippen LogP) is 3.43. The van der Waals surface area contributed by atoms with Crippen molar-refractivity contribution in [3.8, 4) is 0 Å². The summed E-state index contributed by atoms with van der Waals surface area (Å²) >= 11 is 4.79. The highest BCUT2D eigenvalue weighted by Crippen LogP contribution is 2.39. The second kappa shape index (κ2) is 14.8. The first-order valence-electron chi connectivity index (χ1n) is 11.4. The van der Waals surface area contributed by atoms with Gasteiger partial charge in [0.05, 0.1) is 13.5 Å². The van der Waals surface area contributed by atoms with E-state index in [1.54, 1.807) is 0 Å². The van der Waals surface area contributed by atoms with Gasteiger partial charge in [-0.15, -0.1) is 0 Å². The second-order valence-corrected chi connectivity index (χ2v) is 15.6. The van der Waals surface area contributed by atoms with Crippen LogP contribution in [0.2, 0.25) is 0 Å². The summed E-state index contributed by atoms with van der Waals surface area (Å²) in [5, 5.41) is 0. The minimum absolute atomic E-state index is 0. The molecule has 2 aromatic carbocycles. The van der Waals surface area contributed by atoms with Crippen LogP contribution in [0.15, 0.2) is 60.9 Å². The molecule has 0 saturated carbocycles. The van der Waals surface area contributed by atoms with Gasteiger partial charge in [0.25, 0.3) is 0 Å². The lowest BCUT2D eigenvalue weighted by atomic mass is 9.81. The Morgan fingerprint density at radius 3 is 2.15 bits per heavy atom. The van der Waals surface area contributed by atoms with Crippen LogP contribution in [0.5, 0.6) is 0 Å². The van der Waals surface area contributed by atoms with Crippen LogP contribution in [0.4, 0.5) is 18.9 Å². The Hall–Kier alpha value is -0.920. The Labute approximate surface area is 271 Å². The molecule has 1 aliphatic rings. The van der Waals surface area contributed by atoms with Crippen molar-refractivity contribution < 1.29 is 59.3 Å². The Morgan fingerprint density at radius 1 is 1.08 bits per heavy atom. The van der Waals surface area contributed by atoms with Crippen molar-refractivity contribution in [2.45, 2.75) is 40.0 Å². The molecule has 3 aromatic rings. The number of alkyl halides is 5. The maximum atomic E-state index is 10.7. The molecule has 0 saturated heterocycles. The third-order valence-electron chi connectivity index (χ3n) is 5.87. The zero-order valence-electron chi connectivity index (χ0n) is 21.9. The second-order valence-electron chi connectivity index (χ2n) is 8.87. The number of nitrogens with zero attached hydrogens (tertiary/aromatic N) is 3. The number of aryl methyl sites for hydroxylation is 1. The minimum Gasteiger partial charge on any atom is -1.00 e. The van der Waals surface area contributed by atoms with E-state index in [2.05, 4.69) is 149 Å². The molecule has 0 spiro atoms. The first-order valence-corrected chi connectivity index (χ1v) is 15.3. The van der Waals surface area contributed by atoms with Gasteiger partial charge >= 0.3 is 5.51 Å². The van der Waals surface area contributed by atoms with Gasteiger partial charge in [-0.05, 0) is 26.3 Å². The summed E-state index contributed by atoms with van der Waals surface area (Å²) in [6, 6.07) is 15.0. The summed E-state index contributed by atoms with van der Waals surface area (Å²) in [5.74, 6) is 0. The molecule has 0 radical (unpaired) electrons. The van der Waals surface area contributed by atoms with Crippen molar-refractivity contribution in [1.82, 2.24) is 4.98 Å². The van der Waals surface area contributed by atoms with Crippen molar-refractivity contribution in [3.05, 3.63) is 72.1 Å². The van der Waals surface area contributed by atoms with E-state index >= 15 is 0 Å². The highest BCUT2D eigenvalue weighted by Gasteiger charge is 2.42. The van der Waals surface area contributed by atoms with Gasteiger partial charge in [-0.1, -0.05) is 82.4 Å². The summed E-state index contributed by atoms with van der Waals surface area (Å²) in [5.41, 5.74) is 1.61. The summed E-state index contributed by atoms with van der Waals surface area (Å²) in [6.45, 7) is 6.76. The van der Waals surface area contributed by atoms with Gasteiger partial charge in [-0.25, -0.2) is 13.4 Å². The van der Waals surface area contributed by atoms with E-state index in [0.717, 1.165) is 18.5 Å². The molecule has 0 amide bonds. The first-order chi connectivity index (χ1) is 17.5. The monoisotopic (exact) mass is 901 g/mol. The number of rotatable bonds is 3. The van der Waals surface area contributed by atoms with E-state index in [9.17, 15) is 13.2 Å². The fraction of sp³-hybridized carbons (Fsp3) is 0.346. The van der Waals surface area contributed by atoms with Crippen molar-refractivity contribution >= 4 is 83.8 Å². The molecule has 0 bridgehead atoms. The average molecular weight is 901 g/mol. The summed E-state index contributed by atoms with van der Waals surface area (Å²) in [6.07, 6.45) is 9.54. The van der Waals surface area contributed by atoms with E-state index in [-0.39, 0.29) is 29.4 Å². The summed E-state index contributed by atoms with van der Waals surface area (Å²) in [7, 11) is -1.89. The lowest BCUT2D eigenvalue weighted by Gasteiger charge is -2.15. The van der Waals surface area contributed by atoms with E-state index < -0.39 is 15.6 Å². The minimum atomic E-state index is -6.09. The number of fused-ring (bicyclic) bond motifs is 2. The normalized spacial score (nSPS) is 14.4. The fourth-order valence-electron chi connectivity index (χ4n) is 3.87. The van der Waals surface area contributed by atoms with Crippen LogP contribution in [0.1, 0.15) is 38.3 Å². The standard InChI is InChI=1S/C22H23N3.C3H6I2.CHF3O3S.HI/c1-22(2)17-9-5-6-10-18(17)25(4)20(22)13-12-16-8-7-11-19-21(16)23-14-15-24(19)3;1-2-3(4)5;2-1(3,4)8(5,6)7;/h5-15H,1-4H3;3H,2H2,1H3;(H,5,6,7);1H/q+2;;;/p-2. The topological polar surface area (TPSA) is 77.0 Å². The van der Waals surface area contributed by atoms with Crippen molar-refractivity contribution in [1.29, 1.82) is 0 Å². The number of halogens is 6. The number of benzene rings is 2. The van der Waals surface area contributed by atoms with Crippen LogP contribution in [-0.4, -0.2) is 42.7 Å². The number of para-hydroxylation sites is 2. The lowest BCUT2D eigenvalue weighted by Crippen LogP contribution is -3.00. The molecule has 1 aromatic heterocycles. The zero-order chi connectivity index (χ0) is 28.9. The zero-order valence-corrected chi connectivity index (χ0v) is 29.2. The molecule has 2 heterocycles. The molecule has 13 heteroatoms. The SMILES string of the molecule is CCC(I)I.C[N+]1=C(/C=C/c2cccc3c2ncc[n+]3C)C(C)(C)c2ccccc21.O=S(=O)([O-])C(F)(F)F.[I-]. The Kier molecular flexibility index (Phi) is 13.7. The van der Waals surface area contributed by atoms with Gasteiger partial charge < -0.3 is 28.5 Å². The van der Waals surface area contributed by atoms with Crippen LogP contribution < -0.4 is 28.5 Å². The lowest BCUT2D eigenvalue weighted by molar-refractivity contribution is -0.645. The maximum Gasteiger partial charge on any atom is 0.485 e. The first kappa shape index (κ1) is 36.1. The van der Waals surface area contributed by atoms with E-state index in [1.165, 1.54) is 23.4 Å². The van der Waals surface area contributed by atoms with Crippen LogP contribution in [0.3, 0.4) is 0 Å². The molecular formula is C26H29F3I3N3O3S. The average Bonchev–Trinajstić information content (AvgIpc) is 3.03. The Morgan fingerprint density at radius 2 is 1.64 bits per heavy atom. The highest BCUT2D eigenvalue weighted by atomic mass is 127. The molecule has 39 heavy (non-hydrogen) atoms. The van der Waals surface area contributed by atoms with Gasteiger partial charge in [0.15, 0.2) is 22.0 Å². The number of hydrogen-bond acceptors (Lipinski definition) is 4. The van der Waals surface area contributed by atoms with E-state index in [4.69, 9.17) is 13.0 Å². The van der Waals surface area contributed by atoms with E-state index in [0.29, 0.717) is 0 Å². The van der Waals surface area contributed by atoms with E-state index in [1.807, 2.05) is 12.4 Å². The van der Waals surface area contributed by atoms with Gasteiger partial charge in [-0.2, -0.15) is 22.3 Å². The van der Waals surface area contributed by atoms with Crippen LogP contribution >= 0.6 is 45.2 Å². The maximum absolute atomic E-state index is 10.7. The number of aromatic nitrogens is 2. The Bertz CT molecular complexity index is 1460. The van der Waals surface area contributed by atoms with Crippen LogP contribution in [0, 0.1) is 0 Å². The van der Waals surface area contributed by atoms with Gasteiger partial charge in [0.2, 0.25) is 11.2 Å². The van der Waals surface area contributed by atoms with Gasteiger partial charge in [0, 0.05) is 29.3 Å². The highest BCUT2D eigenvalue weighted by molar-refractivity contribution is 14.2. The largest absolute Gasteiger partial charge is 1.00 e. The smallest absolute Gasteiger partial charge is 0.485 e.